The Hall–Kier alpha value is -2.65. The zero-order valence-corrected chi connectivity index (χ0v) is 19.4. The minimum atomic E-state index is -4.05. The molecule has 1 fully saturated rings. The number of hydrogen-bond acceptors (Lipinski definition) is 5. The molecule has 0 atom stereocenters. The molecule has 2 aromatic carbocycles. The number of sulfonamides is 1. The summed E-state index contributed by atoms with van der Waals surface area (Å²) in [6, 6.07) is 8.35. The Morgan fingerprint density at radius 3 is 2.41 bits per heavy atom. The molecular formula is C23H29FN2O5S. The summed E-state index contributed by atoms with van der Waals surface area (Å²) in [4.78, 5) is 12.3. The van der Waals surface area contributed by atoms with E-state index in [2.05, 4.69) is 5.32 Å². The number of nitrogens with zero attached hydrogens (tertiary/aromatic N) is 1. The van der Waals surface area contributed by atoms with Crippen molar-refractivity contribution in [3.8, 4) is 11.5 Å². The quantitative estimate of drug-likeness (QED) is 0.593. The molecule has 174 valence electrons. The number of carbonyl (C=O) groups is 1. The first kappa shape index (κ1) is 24.0. The van der Waals surface area contributed by atoms with E-state index >= 15 is 0 Å². The molecule has 7 nitrogen and oxygen atoms in total. The smallest absolute Gasteiger partial charge is 0.255 e. The van der Waals surface area contributed by atoms with E-state index in [1.165, 1.54) is 6.07 Å². The van der Waals surface area contributed by atoms with Gasteiger partial charge in [-0.05, 0) is 56.0 Å². The van der Waals surface area contributed by atoms with E-state index in [0.29, 0.717) is 17.2 Å². The van der Waals surface area contributed by atoms with Gasteiger partial charge in [0, 0.05) is 30.4 Å². The largest absolute Gasteiger partial charge is 0.493 e. The number of benzene rings is 2. The standard InChI is InChI=1S/C23H29FN2O5S/c1-4-26(5-2)32(28,29)22-14-16(10-12-19(22)24)23(27)25-17-11-13-20(30-3)21(15-17)31-18-8-6-7-9-18/h10-15,18H,4-9H2,1-3H3,(H,25,27). The molecule has 2 aromatic rings. The maximum absolute atomic E-state index is 14.4. The average molecular weight is 465 g/mol. The average Bonchev–Trinajstić information content (AvgIpc) is 3.28. The topological polar surface area (TPSA) is 84.9 Å². The van der Waals surface area contributed by atoms with Gasteiger partial charge in [0.05, 0.1) is 13.2 Å². The minimum Gasteiger partial charge on any atom is -0.493 e. The number of ether oxygens (including phenoxy) is 2. The molecule has 0 unspecified atom stereocenters. The molecular weight excluding hydrogens is 435 g/mol. The molecule has 1 aliphatic carbocycles. The van der Waals surface area contributed by atoms with Crippen molar-refractivity contribution in [2.75, 3.05) is 25.5 Å². The van der Waals surface area contributed by atoms with Gasteiger partial charge in [-0.1, -0.05) is 13.8 Å². The van der Waals surface area contributed by atoms with Crippen LogP contribution in [0.3, 0.4) is 0 Å². The third-order valence-electron chi connectivity index (χ3n) is 5.53. The van der Waals surface area contributed by atoms with E-state index in [4.69, 9.17) is 9.47 Å². The summed E-state index contributed by atoms with van der Waals surface area (Å²) in [5.41, 5.74) is 0.493. The SMILES string of the molecule is CCN(CC)S(=O)(=O)c1cc(C(=O)Nc2ccc(OC)c(OC3CCCC3)c2)ccc1F. The number of rotatable bonds is 9. The number of halogens is 1. The molecule has 0 bridgehead atoms. The summed E-state index contributed by atoms with van der Waals surface area (Å²) in [5.74, 6) is -0.367. The molecule has 1 amide bonds. The zero-order valence-electron chi connectivity index (χ0n) is 18.6. The van der Waals surface area contributed by atoms with Gasteiger partial charge in [0.25, 0.3) is 5.91 Å². The molecule has 0 radical (unpaired) electrons. The molecule has 32 heavy (non-hydrogen) atoms. The van der Waals surface area contributed by atoms with Crippen LogP contribution in [0.15, 0.2) is 41.3 Å². The summed E-state index contributed by atoms with van der Waals surface area (Å²) in [6.45, 7) is 3.74. The predicted molar refractivity (Wildman–Crippen MR) is 120 cm³/mol. The van der Waals surface area contributed by atoms with Crippen molar-refractivity contribution in [1.29, 1.82) is 0 Å². The van der Waals surface area contributed by atoms with Crippen LogP contribution in [0.5, 0.6) is 11.5 Å². The summed E-state index contributed by atoms with van der Waals surface area (Å²) in [7, 11) is -2.50. The third kappa shape index (κ3) is 5.21. The molecule has 0 aliphatic heterocycles. The Morgan fingerprint density at radius 2 is 1.78 bits per heavy atom. The van der Waals surface area contributed by atoms with Crippen LogP contribution < -0.4 is 14.8 Å². The molecule has 0 heterocycles. The van der Waals surface area contributed by atoms with Crippen molar-refractivity contribution in [3.05, 3.63) is 47.8 Å². The van der Waals surface area contributed by atoms with Crippen molar-refractivity contribution in [2.24, 2.45) is 0 Å². The van der Waals surface area contributed by atoms with E-state index in [-0.39, 0.29) is 24.8 Å². The molecule has 1 saturated carbocycles. The minimum absolute atomic E-state index is 0.0335. The highest BCUT2D eigenvalue weighted by Crippen LogP contribution is 2.34. The predicted octanol–water partition coefficient (Wildman–Crippen LogP) is 4.44. The fourth-order valence-electron chi connectivity index (χ4n) is 3.78. The number of anilines is 1. The highest BCUT2D eigenvalue weighted by Gasteiger charge is 2.26. The first-order valence-electron chi connectivity index (χ1n) is 10.8. The lowest BCUT2D eigenvalue weighted by Crippen LogP contribution is -2.31. The monoisotopic (exact) mass is 464 g/mol. The second kappa shape index (κ2) is 10.3. The molecule has 0 spiro atoms. The van der Waals surface area contributed by atoms with Crippen molar-refractivity contribution >= 4 is 21.6 Å². The first-order valence-corrected chi connectivity index (χ1v) is 12.2. The number of hydrogen-bond donors (Lipinski definition) is 1. The fourth-order valence-corrected chi connectivity index (χ4v) is 5.33. The summed E-state index contributed by atoms with van der Waals surface area (Å²) in [6.07, 6.45) is 4.29. The van der Waals surface area contributed by atoms with E-state index in [9.17, 15) is 17.6 Å². The van der Waals surface area contributed by atoms with Gasteiger partial charge in [0.2, 0.25) is 10.0 Å². The number of carbonyl (C=O) groups excluding carboxylic acids is 1. The lowest BCUT2D eigenvalue weighted by atomic mass is 10.2. The second-order valence-electron chi connectivity index (χ2n) is 7.58. The van der Waals surface area contributed by atoms with Gasteiger partial charge >= 0.3 is 0 Å². The van der Waals surface area contributed by atoms with Gasteiger partial charge in [-0.2, -0.15) is 4.31 Å². The normalized spacial score (nSPS) is 14.5. The van der Waals surface area contributed by atoms with Gasteiger partial charge in [0.15, 0.2) is 11.5 Å². The van der Waals surface area contributed by atoms with Crippen molar-refractivity contribution < 1.29 is 27.1 Å². The summed E-state index contributed by atoms with van der Waals surface area (Å²) >= 11 is 0. The van der Waals surface area contributed by atoms with Crippen molar-refractivity contribution in [1.82, 2.24) is 4.31 Å². The van der Waals surface area contributed by atoms with E-state index in [0.717, 1.165) is 42.1 Å². The van der Waals surface area contributed by atoms with Crippen LogP contribution in [0, 0.1) is 5.82 Å². The lowest BCUT2D eigenvalue weighted by molar-refractivity contribution is 0.102. The van der Waals surface area contributed by atoms with Gasteiger partial charge in [-0.3, -0.25) is 4.79 Å². The Labute approximate surface area is 188 Å². The zero-order chi connectivity index (χ0) is 23.3. The number of amides is 1. The van der Waals surface area contributed by atoms with Crippen LogP contribution in [0.4, 0.5) is 10.1 Å². The van der Waals surface area contributed by atoms with Crippen LogP contribution in [-0.4, -0.2) is 44.9 Å². The van der Waals surface area contributed by atoms with Gasteiger partial charge < -0.3 is 14.8 Å². The van der Waals surface area contributed by atoms with E-state index < -0.39 is 26.6 Å². The third-order valence-corrected chi connectivity index (χ3v) is 7.60. The molecule has 1 N–H and O–H groups in total. The second-order valence-corrected chi connectivity index (χ2v) is 9.48. The summed E-state index contributed by atoms with van der Waals surface area (Å²) in [5, 5.41) is 2.72. The Morgan fingerprint density at radius 1 is 1.09 bits per heavy atom. The van der Waals surface area contributed by atoms with Gasteiger partial charge in [-0.15, -0.1) is 0 Å². The number of nitrogens with one attached hydrogen (secondary N) is 1. The van der Waals surface area contributed by atoms with Gasteiger partial charge in [0.1, 0.15) is 10.7 Å². The Kier molecular flexibility index (Phi) is 7.73. The van der Waals surface area contributed by atoms with E-state index in [1.807, 2.05) is 0 Å². The maximum atomic E-state index is 14.4. The van der Waals surface area contributed by atoms with Crippen LogP contribution in [-0.2, 0) is 10.0 Å². The highest BCUT2D eigenvalue weighted by atomic mass is 32.2. The van der Waals surface area contributed by atoms with Crippen LogP contribution in [0.2, 0.25) is 0 Å². The van der Waals surface area contributed by atoms with E-state index in [1.54, 1.807) is 39.2 Å². The summed E-state index contributed by atoms with van der Waals surface area (Å²) < 4.78 is 52.4. The lowest BCUT2D eigenvalue weighted by Gasteiger charge is -2.19. The maximum Gasteiger partial charge on any atom is 0.255 e. The molecule has 0 aromatic heterocycles. The van der Waals surface area contributed by atoms with Crippen molar-refractivity contribution in [3.63, 3.8) is 0 Å². The Balaban J connectivity index is 1.84. The molecule has 0 saturated heterocycles. The first-order chi connectivity index (χ1) is 15.3. The highest BCUT2D eigenvalue weighted by molar-refractivity contribution is 7.89. The van der Waals surface area contributed by atoms with Crippen molar-refractivity contribution in [2.45, 2.75) is 50.5 Å². The van der Waals surface area contributed by atoms with Crippen LogP contribution in [0.1, 0.15) is 49.9 Å². The van der Waals surface area contributed by atoms with Gasteiger partial charge in [-0.25, -0.2) is 12.8 Å². The molecule has 1 aliphatic rings. The molecule has 9 heteroatoms. The molecule has 3 rings (SSSR count). The fraction of sp³-hybridized carbons (Fsp3) is 0.435. The number of methoxy groups -OCH3 is 1. The van der Waals surface area contributed by atoms with Crippen LogP contribution >= 0.6 is 0 Å². The Bertz CT molecular complexity index is 1060. The van der Waals surface area contributed by atoms with Crippen LogP contribution in [0.25, 0.3) is 0 Å².